The van der Waals surface area contributed by atoms with E-state index < -0.39 is 4.33 Å². The van der Waals surface area contributed by atoms with Crippen LogP contribution in [0.15, 0.2) is 0 Å². The molecule has 0 atom stereocenters. The fraction of sp³-hybridized carbons (Fsp3) is 1.00. The molecule has 5 saturated carbocycles. The monoisotopic (exact) mass is 540 g/mol. The molecular weight excluding hydrogens is 487 g/mol. The summed E-state index contributed by atoms with van der Waals surface area (Å²) in [5, 5.41) is 0. The Balaban J connectivity index is 1.07. The molecule has 36 heavy (non-hydrogen) atoms. The Morgan fingerprint density at radius 3 is 1.17 bits per heavy atom. The molecule has 0 unspecified atom stereocenters. The van der Waals surface area contributed by atoms with Crippen LogP contribution in [0.3, 0.4) is 0 Å². The summed E-state index contributed by atoms with van der Waals surface area (Å²) in [5.41, 5.74) is 0.408. The zero-order valence-corrected chi connectivity index (χ0v) is 24.9. The fourth-order valence-corrected chi connectivity index (χ4v) is 10.7. The maximum Gasteiger partial charge on any atom is 0.129 e. The van der Waals surface area contributed by atoms with Gasteiger partial charge in [0.25, 0.3) is 0 Å². The Hall–Kier alpha value is 0.500. The van der Waals surface area contributed by atoms with Crippen LogP contribution in [0.4, 0.5) is 0 Å². The normalized spacial score (nSPS) is 45.0. The molecule has 0 N–H and O–H groups in total. The van der Waals surface area contributed by atoms with E-state index in [0.717, 1.165) is 49.7 Å². The van der Waals surface area contributed by atoms with Gasteiger partial charge in [0.05, 0.1) is 12.2 Å². The second kappa shape index (κ2) is 11.9. The number of halogens is 2. The molecular formula is C32H54Cl2O2. The highest BCUT2D eigenvalue weighted by Gasteiger charge is 2.72. The average molecular weight is 542 g/mol. The number of hydrogen-bond donors (Lipinski definition) is 0. The Morgan fingerprint density at radius 1 is 0.528 bits per heavy atom. The van der Waals surface area contributed by atoms with E-state index in [9.17, 15) is 0 Å². The minimum atomic E-state index is -0.493. The lowest BCUT2D eigenvalue weighted by Gasteiger charge is -2.69. The highest BCUT2D eigenvalue weighted by atomic mass is 35.5. The third kappa shape index (κ3) is 5.42. The highest BCUT2D eigenvalue weighted by molar-refractivity contribution is 6.50. The van der Waals surface area contributed by atoms with Crippen LogP contribution in [-0.2, 0) is 9.47 Å². The zero-order chi connectivity index (χ0) is 25.2. The van der Waals surface area contributed by atoms with E-state index in [-0.39, 0.29) is 10.8 Å². The molecule has 5 aliphatic rings. The minimum Gasteiger partial charge on any atom is -0.378 e. The van der Waals surface area contributed by atoms with Gasteiger partial charge < -0.3 is 9.47 Å². The average Bonchev–Trinajstić information content (AvgIpc) is 2.92. The van der Waals surface area contributed by atoms with Crippen molar-refractivity contribution in [3.63, 3.8) is 0 Å². The van der Waals surface area contributed by atoms with Crippen molar-refractivity contribution in [3.8, 4) is 0 Å². The number of rotatable bonds is 8. The van der Waals surface area contributed by atoms with Crippen LogP contribution in [0.1, 0.15) is 136 Å². The molecule has 5 rings (SSSR count). The maximum atomic E-state index is 7.41. The predicted octanol–water partition coefficient (Wildman–Crippen LogP) is 9.89. The molecule has 0 aromatic rings. The third-order valence-corrected chi connectivity index (χ3v) is 13.5. The SMILES string of the molecule is CCCOC1CCC(C2CCC3(CC2)CC2(CCC(C4CCC(OCCC)CC4)CC2)C3(Cl)Cl)CC1. The van der Waals surface area contributed by atoms with Gasteiger partial charge in [0.1, 0.15) is 4.33 Å². The van der Waals surface area contributed by atoms with Gasteiger partial charge in [-0.2, -0.15) is 0 Å². The van der Waals surface area contributed by atoms with Crippen molar-refractivity contribution in [3.05, 3.63) is 0 Å². The Morgan fingerprint density at radius 2 is 0.861 bits per heavy atom. The zero-order valence-electron chi connectivity index (χ0n) is 23.4. The van der Waals surface area contributed by atoms with E-state index in [1.165, 1.54) is 109 Å². The molecule has 0 amide bonds. The largest absolute Gasteiger partial charge is 0.378 e. The van der Waals surface area contributed by atoms with Gasteiger partial charge in [0.2, 0.25) is 0 Å². The van der Waals surface area contributed by atoms with Gasteiger partial charge in [-0.3, -0.25) is 0 Å². The number of ether oxygens (including phenoxy) is 2. The molecule has 0 saturated heterocycles. The molecule has 0 radical (unpaired) electrons. The molecule has 0 bridgehead atoms. The van der Waals surface area contributed by atoms with Crippen LogP contribution in [-0.4, -0.2) is 29.8 Å². The third-order valence-electron chi connectivity index (χ3n) is 11.9. The predicted molar refractivity (Wildman–Crippen MR) is 152 cm³/mol. The Bertz CT molecular complexity index is 620. The second-order valence-corrected chi connectivity index (χ2v) is 15.1. The first-order valence-electron chi connectivity index (χ1n) is 16.0. The molecule has 0 aromatic carbocycles. The molecule has 0 aliphatic heterocycles. The lowest BCUT2D eigenvalue weighted by molar-refractivity contribution is -0.123. The highest BCUT2D eigenvalue weighted by Crippen LogP contribution is 2.77. The summed E-state index contributed by atoms with van der Waals surface area (Å²) in [6, 6.07) is 0. The van der Waals surface area contributed by atoms with Gasteiger partial charge >= 0.3 is 0 Å². The summed E-state index contributed by atoms with van der Waals surface area (Å²) in [6.45, 7) is 6.30. The lowest BCUT2D eigenvalue weighted by atomic mass is 9.42. The molecule has 0 heterocycles. The van der Waals surface area contributed by atoms with Crippen LogP contribution in [0.2, 0.25) is 0 Å². The summed E-state index contributed by atoms with van der Waals surface area (Å²) in [5.74, 6) is 3.62. The van der Waals surface area contributed by atoms with Crippen LogP contribution >= 0.6 is 23.2 Å². The fourth-order valence-electron chi connectivity index (χ4n) is 9.66. The number of alkyl halides is 2. The van der Waals surface area contributed by atoms with Crippen molar-refractivity contribution in [2.24, 2.45) is 34.5 Å². The molecule has 2 nitrogen and oxygen atoms in total. The van der Waals surface area contributed by atoms with Crippen molar-refractivity contribution in [1.29, 1.82) is 0 Å². The topological polar surface area (TPSA) is 18.5 Å². The maximum absolute atomic E-state index is 7.41. The van der Waals surface area contributed by atoms with Crippen LogP contribution in [0.25, 0.3) is 0 Å². The quantitative estimate of drug-likeness (QED) is 0.285. The van der Waals surface area contributed by atoms with Crippen LogP contribution < -0.4 is 0 Å². The van der Waals surface area contributed by atoms with Crippen LogP contribution in [0, 0.1) is 34.5 Å². The lowest BCUT2D eigenvalue weighted by Crippen LogP contribution is -2.66. The van der Waals surface area contributed by atoms with Crippen molar-refractivity contribution in [2.75, 3.05) is 13.2 Å². The number of hydrogen-bond acceptors (Lipinski definition) is 2. The van der Waals surface area contributed by atoms with E-state index in [1.54, 1.807) is 0 Å². The molecule has 0 aromatic heterocycles. The van der Waals surface area contributed by atoms with Crippen molar-refractivity contribution >= 4 is 23.2 Å². The van der Waals surface area contributed by atoms with Crippen molar-refractivity contribution in [2.45, 2.75) is 152 Å². The second-order valence-electron chi connectivity index (χ2n) is 13.8. The molecule has 5 aliphatic carbocycles. The first-order valence-corrected chi connectivity index (χ1v) is 16.8. The van der Waals surface area contributed by atoms with Crippen LogP contribution in [0.5, 0.6) is 0 Å². The van der Waals surface area contributed by atoms with Gasteiger partial charge in [0.15, 0.2) is 0 Å². The Labute approximate surface area is 232 Å². The first kappa shape index (κ1) is 28.0. The van der Waals surface area contributed by atoms with E-state index in [4.69, 9.17) is 32.7 Å². The van der Waals surface area contributed by atoms with Gasteiger partial charge in [-0.25, -0.2) is 0 Å². The van der Waals surface area contributed by atoms with Gasteiger partial charge in [0, 0.05) is 24.0 Å². The van der Waals surface area contributed by atoms with Gasteiger partial charge in [-0.15, -0.1) is 23.2 Å². The minimum absolute atomic E-state index is 0.204. The standard InChI is InChI=1S/C32H54Cl2O2/c1-3-21-35-28-9-5-24(6-10-28)26-13-17-30(18-14-26)23-31(32(30,33)34)19-15-27(16-20-31)25-7-11-29(12-8-25)36-22-4-2/h24-29H,3-23H2,1-2H3. The summed E-state index contributed by atoms with van der Waals surface area (Å²) in [7, 11) is 0. The van der Waals surface area contributed by atoms with Crippen molar-refractivity contribution < 1.29 is 9.47 Å². The molecule has 5 fully saturated rings. The summed E-state index contributed by atoms with van der Waals surface area (Å²) >= 11 is 14.8. The van der Waals surface area contributed by atoms with Crippen molar-refractivity contribution in [1.82, 2.24) is 0 Å². The van der Waals surface area contributed by atoms with E-state index in [0.29, 0.717) is 12.2 Å². The molecule has 4 heteroatoms. The summed E-state index contributed by atoms with van der Waals surface area (Å²) in [6.07, 6.45) is 25.7. The summed E-state index contributed by atoms with van der Waals surface area (Å²) < 4.78 is 11.6. The summed E-state index contributed by atoms with van der Waals surface area (Å²) in [4.78, 5) is 0. The Kier molecular flexibility index (Phi) is 9.30. The van der Waals surface area contributed by atoms with E-state index >= 15 is 0 Å². The van der Waals surface area contributed by atoms with Gasteiger partial charge in [-0.1, -0.05) is 13.8 Å². The van der Waals surface area contributed by atoms with E-state index in [1.807, 2.05) is 0 Å². The molecule has 208 valence electrons. The smallest absolute Gasteiger partial charge is 0.129 e. The van der Waals surface area contributed by atoms with E-state index in [2.05, 4.69) is 13.8 Å². The van der Waals surface area contributed by atoms with Gasteiger partial charge in [-0.05, 0) is 146 Å². The molecule has 2 spiro atoms. The first-order chi connectivity index (χ1) is 17.4.